The molecule has 0 saturated heterocycles. The molecule has 0 aliphatic rings. The molecule has 1 heterocycles. The van der Waals surface area contributed by atoms with Crippen molar-refractivity contribution in [3.63, 3.8) is 0 Å². The highest BCUT2D eigenvalue weighted by molar-refractivity contribution is 7.71. The summed E-state index contributed by atoms with van der Waals surface area (Å²) in [7, 11) is 0. The van der Waals surface area contributed by atoms with E-state index in [1.807, 2.05) is 19.9 Å². The minimum atomic E-state index is 0.736. The maximum Gasteiger partial charge on any atom is 0.103 e. The molecular weight excluding hydrogens is 166 g/mol. The van der Waals surface area contributed by atoms with E-state index in [0.29, 0.717) is 0 Å². The van der Waals surface area contributed by atoms with Crippen molar-refractivity contribution in [1.29, 1.82) is 0 Å². The summed E-state index contributed by atoms with van der Waals surface area (Å²) in [5.41, 5.74) is 1.97. The molecule has 0 spiro atoms. The zero-order valence-corrected chi connectivity index (χ0v) is 7.44. The van der Waals surface area contributed by atoms with Crippen molar-refractivity contribution in [2.75, 3.05) is 0 Å². The highest BCUT2D eigenvalue weighted by Gasteiger charge is 1.97. The predicted molar refractivity (Wildman–Crippen MR) is 46.1 cm³/mol. The van der Waals surface area contributed by atoms with Gasteiger partial charge < -0.3 is 4.98 Å². The van der Waals surface area contributed by atoms with Crippen molar-refractivity contribution in [2.45, 2.75) is 13.8 Å². The Bertz CT molecular complexity index is 277. The largest absolute Gasteiger partial charge is 0.349 e. The molecule has 1 aromatic heterocycles. The topological polar surface area (TPSA) is 15.8 Å². The fraction of sp³-hybridized carbons (Fsp3) is 0.286. The summed E-state index contributed by atoms with van der Waals surface area (Å²) in [5.74, 6) is 0. The molecular formula is C7H8ClNS. The van der Waals surface area contributed by atoms with Crippen molar-refractivity contribution in [3.05, 3.63) is 27.0 Å². The highest BCUT2D eigenvalue weighted by atomic mass is 35.5. The van der Waals surface area contributed by atoms with Gasteiger partial charge in [0, 0.05) is 5.69 Å². The van der Waals surface area contributed by atoms with Gasteiger partial charge in [0.05, 0.1) is 5.02 Å². The van der Waals surface area contributed by atoms with Gasteiger partial charge in [-0.25, -0.2) is 0 Å². The van der Waals surface area contributed by atoms with Crippen LogP contribution in [0, 0.1) is 18.5 Å². The molecule has 10 heavy (non-hydrogen) atoms. The number of pyridine rings is 1. The summed E-state index contributed by atoms with van der Waals surface area (Å²) < 4.78 is 0.736. The molecule has 0 bridgehead atoms. The zero-order valence-electron chi connectivity index (χ0n) is 5.86. The van der Waals surface area contributed by atoms with Gasteiger partial charge in [-0.15, -0.1) is 0 Å². The smallest absolute Gasteiger partial charge is 0.103 e. The van der Waals surface area contributed by atoms with Crippen LogP contribution < -0.4 is 0 Å². The van der Waals surface area contributed by atoms with E-state index in [9.17, 15) is 0 Å². The van der Waals surface area contributed by atoms with Crippen LogP contribution in [0.15, 0.2) is 6.07 Å². The van der Waals surface area contributed by atoms with Crippen LogP contribution in [0.1, 0.15) is 11.3 Å². The molecule has 0 unspecified atom stereocenters. The van der Waals surface area contributed by atoms with Crippen LogP contribution in [0.3, 0.4) is 0 Å². The first-order valence-corrected chi connectivity index (χ1v) is 3.76. The second-order valence-electron chi connectivity index (χ2n) is 2.26. The van der Waals surface area contributed by atoms with E-state index in [1.165, 1.54) is 0 Å². The van der Waals surface area contributed by atoms with Gasteiger partial charge in [0.1, 0.15) is 4.64 Å². The molecule has 54 valence electrons. The standard InChI is InChI=1S/C7H8ClNS/c1-4-3-6(10)9-5(2)7(4)8/h3H,1-2H3,(H,9,10). The van der Waals surface area contributed by atoms with Crippen molar-refractivity contribution in [2.24, 2.45) is 0 Å². The molecule has 0 fully saturated rings. The first-order valence-electron chi connectivity index (χ1n) is 2.97. The van der Waals surface area contributed by atoms with Crippen molar-refractivity contribution < 1.29 is 0 Å². The Labute approximate surface area is 70.0 Å². The molecule has 1 nitrogen and oxygen atoms in total. The Hall–Kier alpha value is -0.340. The van der Waals surface area contributed by atoms with Crippen LogP contribution in [0.4, 0.5) is 0 Å². The van der Waals surface area contributed by atoms with Crippen LogP contribution in [0.2, 0.25) is 5.02 Å². The highest BCUT2D eigenvalue weighted by Crippen LogP contribution is 2.16. The number of aryl methyl sites for hydroxylation is 2. The SMILES string of the molecule is Cc1cc(=S)[nH]c(C)c1Cl. The van der Waals surface area contributed by atoms with Gasteiger partial charge >= 0.3 is 0 Å². The maximum absolute atomic E-state index is 5.87. The fourth-order valence-electron chi connectivity index (χ4n) is 0.832. The second-order valence-corrected chi connectivity index (χ2v) is 3.07. The lowest BCUT2D eigenvalue weighted by atomic mass is 10.2. The van der Waals surface area contributed by atoms with Gasteiger partial charge in [-0.3, -0.25) is 0 Å². The van der Waals surface area contributed by atoms with Crippen LogP contribution in [0.25, 0.3) is 0 Å². The number of rotatable bonds is 0. The Morgan fingerprint density at radius 2 is 2.10 bits per heavy atom. The Morgan fingerprint density at radius 1 is 1.50 bits per heavy atom. The average Bonchev–Trinajstić information content (AvgIpc) is 1.82. The lowest BCUT2D eigenvalue weighted by molar-refractivity contribution is 1.16. The predicted octanol–water partition coefficient (Wildman–Crippen LogP) is 3.01. The van der Waals surface area contributed by atoms with E-state index in [4.69, 9.17) is 23.8 Å². The van der Waals surface area contributed by atoms with Gasteiger partial charge in [-0.1, -0.05) is 23.8 Å². The molecule has 0 saturated carbocycles. The van der Waals surface area contributed by atoms with E-state index >= 15 is 0 Å². The summed E-state index contributed by atoms with van der Waals surface area (Å²) in [5, 5.41) is 0.772. The molecule has 3 heteroatoms. The minimum Gasteiger partial charge on any atom is -0.349 e. The van der Waals surface area contributed by atoms with E-state index < -0.39 is 0 Å². The quantitative estimate of drug-likeness (QED) is 0.597. The Kier molecular flexibility index (Phi) is 2.11. The molecule has 0 aliphatic carbocycles. The fourth-order valence-corrected chi connectivity index (χ4v) is 1.26. The molecule has 1 rings (SSSR count). The van der Waals surface area contributed by atoms with Crippen LogP contribution in [-0.4, -0.2) is 4.98 Å². The van der Waals surface area contributed by atoms with Crippen LogP contribution in [-0.2, 0) is 0 Å². The first-order chi connectivity index (χ1) is 4.61. The number of hydrogen-bond acceptors (Lipinski definition) is 1. The van der Waals surface area contributed by atoms with Gasteiger partial charge in [-0.2, -0.15) is 0 Å². The Balaban J connectivity index is 3.46. The monoisotopic (exact) mass is 173 g/mol. The third kappa shape index (κ3) is 1.39. The average molecular weight is 174 g/mol. The molecule has 0 radical (unpaired) electrons. The van der Waals surface area contributed by atoms with Crippen LogP contribution in [0.5, 0.6) is 0 Å². The number of aromatic nitrogens is 1. The first kappa shape index (κ1) is 7.76. The van der Waals surface area contributed by atoms with Crippen molar-refractivity contribution in [3.8, 4) is 0 Å². The number of aromatic amines is 1. The number of halogens is 1. The third-order valence-corrected chi connectivity index (χ3v) is 2.14. The summed E-state index contributed by atoms with van der Waals surface area (Å²) in [4.78, 5) is 2.96. The van der Waals surface area contributed by atoms with E-state index in [1.54, 1.807) is 0 Å². The summed E-state index contributed by atoms with van der Waals surface area (Å²) in [6, 6.07) is 1.85. The summed E-state index contributed by atoms with van der Waals surface area (Å²) in [6.07, 6.45) is 0. The van der Waals surface area contributed by atoms with E-state index in [-0.39, 0.29) is 0 Å². The number of hydrogen-bond donors (Lipinski definition) is 1. The molecule has 1 aromatic rings. The molecule has 0 atom stereocenters. The summed E-state index contributed by atoms with van der Waals surface area (Å²) in [6.45, 7) is 3.85. The minimum absolute atomic E-state index is 0.736. The van der Waals surface area contributed by atoms with Gasteiger partial charge in [0.25, 0.3) is 0 Å². The lowest BCUT2D eigenvalue weighted by Crippen LogP contribution is -1.85. The van der Waals surface area contributed by atoms with Crippen molar-refractivity contribution >= 4 is 23.8 Å². The molecule has 0 aromatic carbocycles. The molecule has 0 aliphatic heterocycles. The van der Waals surface area contributed by atoms with Gasteiger partial charge in [0.2, 0.25) is 0 Å². The van der Waals surface area contributed by atoms with E-state index in [2.05, 4.69) is 4.98 Å². The molecule has 1 N–H and O–H groups in total. The summed E-state index contributed by atoms with van der Waals surface area (Å²) >= 11 is 10.8. The van der Waals surface area contributed by atoms with Crippen molar-refractivity contribution in [1.82, 2.24) is 4.98 Å². The Morgan fingerprint density at radius 3 is 2.60 bits per heavy atom. The zero-order chi connectivity index (χ0) is 7.72. The second kappa shape index (κ2) is 2.72. The van der Waals surface area contributed by atoms with Crippen LogP contribution >= 0.6 is 23.8 Å². The normalized spacial score (nSPS) is 9.90. The van der Waals surface area contributed by atoms with E-state index in [0.717, 1.165) is 20.9 Å². The lowest BCUT2D eigenvalue weighted by Gasteiger charge is -2.00. The maximum atomic E-state index is 5.87. The number of H-pyrrole nitrogens is 1. The van der Waals surface area contributed by atoms with Gasteiger partial charge in [0.15, 0.2) is 0 Å². The number of nitrogens with one attached hydrogen (secondary N) is 1. The van der Waals surface area contributed by atoms with Gasteiger partial charge in [-0.05, 0) is 25.5 Å². The third-order valence-electron chi connectivity index (χ3n) is 1.33. The molecule has 0 amide bonds.